The third kappa shape index (κ3) is 2.89. The van der Waals surface area contributed by atoms with Crippen molar-refractivity contribution in [3.63, 3.8) is 0 Å². The Labute approximate surface area is 124 Å². The first-order valence-corrected chi connectivity index (χ1v) is 6.72. The Balaban J connectivity index is 2.37. The topological polar surface area (TPSA) is 57.9 Å². The van der Waals surface area contributed by atoms with E-state index in [1.54, 1.807) is 32.5 Å². The first kappa shape index (κ1) is 15.0. The third-order valence-electron chi connectivity index (χ3n) is 3.36. The molecule has 0 atom stereocenters. The average Bonchev–Trinajstić information content (AvgIpc) is 2.72. The maximum absolute atomic E-state index is 12.6. The molecule has 0 spiro atoms. The molecule has 2 amide bonds. The van der Waals surface area contributed by atoms with Crippen molar-refractivity contribution in [1.82, 2.24) is 19.2 Å². The number of carbonyl (C=O) groups excluding carboxylic acids is 2. The molecule has 6 heteroatoms. The van der Waals surface area contributed by atoms with Gasteiger partial charge in [0.2, 0.25) is 5.91 Å². The van der Waals surface area contributed by atoms with Crippen LogP contribution in [0.25, 0.3) is 5.65 Å². The largest absolute Gasteiger partial charge is 0.347 e. The molecule has 0 aliphatic carbocycles. The van der Waals surface area contributed by atoms with Crippen LogP contribution in [0.4, 0.5) is 0 Å². The normalized spacial score (nSPS) is 10.7. The summed E-state index contributed by atoms with van der Waals surface area (Å²) in [7, 11) is 4.96. The van der Waals surface area contributed by atoms with Gasteiger partial charge in [-0.15, -0.1) is 0 Å². The summed E-state index contributed by atoms with van der Waals surface area (Å²) in [5.74, 6) is -0.325. The Kier molecular flexibility index (Phi) is 3.97. The molecule has 0 saturated carbocycles. The van der Waals surface area contributed by atoms with Gasteiger partial charge >= 0.3 is 0 Å². The summed E-state index contributed by atoms with van der Waals surface area (Å²) in [6.45, 7) is 3.81. The number of aryl methyl sites for hydroxylation is 2. The summed E-state index contributed by atoms with van der Waals surface area (Å²) in [5, 5.41) is 0. The van der Waals surface area contributed by atoms with Gasteiger partial charge in [0.25, 0.3) is 5.91 Å². The van der Waals surface area contributed by atoms with Gasteiger partial charge in [-0.2, -0.15) is 0 Å². The second kappa shape index (κ2) is 5.55. The molecule has 0 radical (unpaired) electrons. The number of imidazole rings is 1. The summed E-state index contributed by atoms with van der Waals surface area (Å²) in [6.07, 6.45) is 1.88. The molecular weight excluding hydrogens is 268 g/mol. The van der Waals surface area contributed by atoms with Crippen LogP contribution < -0.4 is 0 Å². The van der Waals surface area contributed by atoms with Crippen LogP contribution in [0.1, 0.15) is 21.7 Å². The molecular formula is C15H20N4O2. The number of hydrogen-bond acceptors (Lipinski definition) is 3. The van der Waals surface area contributed by atoms with Crippen LogP contribution in [0.15, 0.2) is 18.3 Å². The van der Waals surface area contributed by atoms with Crippen molar-refractivity contribution >= 4 is 17.5 Å². The molecule has 0 saturated heterocycles. The zero-order chi connectivity index (χ0) is 15.7. The highest BCUT2D eigenvalue weighted by Crippen LogP contribution is 2.15. The molecule has 21 heavy (non-hydrogen) atoms. The van der Waals surface area contributed by atoms with Crippen molar-refractivity contribution < 1.29 is 9.59 Å². The van der Waals surface area contributed by atoms with Crippen LogP contribution in [0.5, 0.6) is 0 Å². The lowest BCUT2D eigenvalue weighted by molar-refractivity contribution is -0.129. The number of carbonyl (C=O) groups is 2. The summed E-state index contributed by atoms with van der Waals surface area (Å²) in [4.78, 5) is 31.6. The fraction of sp³-hybridized carbons (Fsp3) is 0.400. The van der Waals surface area contributed by atoms with E-state index in [2.05, 4.69) is 4.98 Å². The van der Waals surface area contributed by atoms with Crippen molar-refractivity contribution in [1.29, 1.82) is 0 Å². The third-order valence-corrected chi connectivity index (χ3v) is 3.36. The maximum atomic E-state index is 12.6. The monoisotopic (exact) mass is 288 g/mol. The van der Waals surface area contributed by atoms with Gasteiger partial charge in [0, 0.05) is 27.3 Å². The summed E-state index contributed by atoms with van der Waals surface area (Å²) >= 11 is 0. The molecule has 0 aromatic carbocycles. The minimum atomic E-state index is -0.208. The number of aromatic nitrogens is 2. The average molecular weight is 288 g/mol. The van der Waals surface area contributed by atoms with Gasteiger partial charge in [0.05, 0.1) is 12.2 Å². The Morgan fingerprint density at radius 3 is 2.48 bits per heavy atom. The summed E-state index contributed by atoms with van der Waals surface area (Å²) < 4.78 is 1.78. The standard InChI is InChI=1S/C15H20N4O2/c1-10-6-7-12-16-11(2)14(19(12)8-10)15(21)18(5)9-13(20)17(3)4/h6-8H,9H2,1-5H3. The highest BCUT2D eigenvalue weighted by molar-refractivity contribution is 5.96. The van der Waals surface area contributed by atoms with Gasteiger partial charge in [-0.1, -0.05) is 6.07 Å². The fourth-order valence-electron chi connectivity index (χ4n) is 2.12. The molecule has 0 unspecified atom stereocenters. The van der Waals surface area contributed by atoms with Gasteiger partial charge in [-0.25, -0.2) is 4.98 Å². The van der Waals surface area contributed by atoms with E-state index in [0.29, 0.717) is 11.4 Å². The van der Waals surface area contributed by atoms with E-state index < -0.39 is 0 Å². The second-order valence-electron chi connectivity index (χ2n) is 5.43. The van der Waals surface area contributed by atoms with Gasteiger partial charge in [-0.3, -0.25) is 14.0 Å². The quantitative estimate of drug-likeness (QED) is 0.850. The predicted octanol–water partition coefficient (Wildman–Crippen LogP) is 1.11. The molecule has 0 aliphatic heterocycles. The zero-order valence-electron chi connectivity index (χ0n) is 13.0. The van der Waals surface area contributed by atoms with Gasteiger partial charge in [0.1, 0.15) is 11.3 Å². The van der Waals surface area contributed by atoms with Crippen LogP contribution >= 0.6 is 0 Å². The fourth-order valence-corrected chi connectivity index (χ4v) is 2.12. The van der Waals surface area contributed by atoms with E-state index in [1.807, 2.05) is 25.3 Å². The van der Waals surface area contributed by atoms with Crippen LogP contribution in [0.3, 0.4) is 0 Å². The van der Waals surface area contributed by atoms with E-state index >= 15 is 0 Å². The van der Waals surface area contributed by atoms with E-state index in [-0.39, 0.29) is 18.4 Å². The van der Waals surface area contributed by atoms with E-state index in [1.165, 1.54) is 9.80 Å². The highest BCUT2D eigenvalue weighted by atomic mass is 16.2. The van der Waals surface area contributed by atoms with Crippen molar-refractivity contribution in [3.8, 4) is 0 Å². The SMILES string of the molecule is Cc1ccc2nc(C)c(C(=O)N(C)CC(=O)N(C)C)n2c1. The van der Waals surface area contributed by atoms with Crippen molar-refractivity contribution in [2.24, 2.45) is 0 Å². The summed E-state index contributed by atoms with van der Waals surface area (Å²) in [6, 6.07) is 3.83. The lowest BCUT2D eigenvalue weighted by atomic mass is 10.3. The summed E-state index contributed by atoms with van der Waals surface area (Å²) in [5.41, 5.74) is 2.94. The van der Waals surface area contributed by atoms with Gasteiger partial charge < -0.3 is 9.80 Å². The Morgan fingerprint density at radius 2 is 1.86 bits per heavy atom. The first-order chi connectivity index (χ1) is 9.81. The maximum Gasteiger partial charge on any atom is 0.272 e. The van der Waals surface area contributed by atoms with Crippen LogP contribution in [0, 0.1) is 13.8 Å². The minimum Gasteiger partial charge on any atom is -0.347 e. The molecule has 0 fully saturated rings. The second-order valence-corrected chi connectivity index (χ2v) is 5.43. The van der Waals surface area contributed by atoms with Crippen LogP contribution in [-0.4, -0.2) is 58.7 Å². The van der Waals surface area contributed by atoms with E-state index in [9.17, 15) is 9.59 Å². The highest BCUT2D eigenvalue weighted by Gasteiger charge is 2.22. The van der Waals surface area contributed by atoms with Crippen molar-refractivity contribution in [2.45, 2.75) is 13.8 Å². The smallest absolute Gasteiger partial charge is 0.272 e. The molecule has 2 aromatic rings. The molecule has 6 nitrogen and oxygen atoms in total. The van der Waals surface area contributed by atoms with Gasteiger partial charge in [0.15, 0.2) is 0 Å². The lowest BCUT2D eigenvalue weighted by Gasteiger charge is -2.19. The number of hydrogen-bond donors (Lipinski definition) is 0. The first-order valence-electron chi connectivity index (χ1n) is 6.72. The van der Waals surface area contributed by atoms with Crippen molar-refractivity contribution in [3.05, 3.63) is 35.3 Å². The lowest BCUT2D eigenvalue weighted by Crippen LogP contribution is -2.38. The minimum absolute atomic E-state index is 0.0460. The molecule has 0 bridgehead atoms. The van der Waals surface area contributed by atoms with Crippen LogP contribution in [0.2, 0.25) is 0 Å². The number of likely N-dealkylation sites (N-methyl/N-ethyl adjacent to an activating group) is 2. The molecule has 2 aromatic heterocycles. The van der Waals surface area contributed by atoms with Crippen LogP contribution in [-0.2, 0) is 4.79 Å². The number of rotatable bonds is 3. The predicted molar refractivity (Wildman–Crippen MR) is 80.3 cm³/mol. The molecule has 112 valence electrons. The number of nitrogens with zero attached hydrogens (tertiary/aromatic N) is 4. The zero-order valence-corrected chi connectivity index (χ0v) is 13.0. The Morgan fingerprint density at radius 1 is 1.19 bits per heavy atom. The van der Waals surface area contributed by atoms with E-state index in [4.69, 9.17) is 0 Å². The van der Waals surface area contributed by atoms with Gasteiger partial charge in [-0.05, 0) is 25.5 Å². The Hall–Kier alpha value is -2.37. The van der Waals surface area contributed by atoms with E-state index in [0.717, 1.165) is 11.2 Å². The molecule has 2 rings (SSSR count). The Bertz CT molecular complexity index is 703. The number of pyridine rings is 1. The molecule has 2 heterocycles. The number of fused-ring (bicyclic) bond motifs is 1. The molecule has 0 aliphatic rings. The van der Waals surface area contributed by atoms with Crippen molar-refractivity contribution in [2.75, 3.05) is 27.7 Å². The number of amides is 2. The molecule has 0 N–H and O–H groups in total.